The van der Waals surface area contributed by atoms with Crippen molar-refractivity contribution in [1.82, 2.24) is 9.55 Å². The molecule has 2 N–H and O–H groups in total. The molecule has 0 bridgehead atoms. The quantitative estimate of drug-likeness (QED) is 0.844. The third-order valence-electron chi connectivity index (χ3n) is 3.25. The van der Waals surface area contributed by atoms with Gasteiger partial charge in [-0.2, -0.15) is 0 Å². The lowest BCUT2D eigenvalue weighted by atomic mass is 10.0. The summed E-state index contributed by atoms with van der Waals surface area (Å²) in [6, 6.07) is 0. The van der Waals surface area contributed by atoms with E-state index in [1.165, 1.54) is 36.5 Å². The highest BCUT2D eigenvalue weighted by Crippen LogP contribution is 2.23. The summed E-state index contributed by atoms with van der Waals surface area (Å²) in [6.07, 6.45) is 5.85. The molecule has 90 valence electrons. The molecule has 1 aromatic rings. The van der Waals surface area contributed by atoms with E-state index in [2.05, 4.69) is 18.4 Å². The molecule has 3 heteroatoms. The van der Waals surface area contributed by atoms with E-state index in [0.717, 1.165) is 19.4 Å². The topological polar surface area (TPSA) is 43.8 Å². The normalized spacial score (nSPS) is 15.5. The summed E-state index contributed by atoms with van der Waals surface area (Å²) in [5.41, 5.74) is 8.47. The van der Waals surface area contributed by atoms with E-state index in [4.69, 9.17) is 10.7 Å². The standard InChI is InChI=1S/C13H23N3/c1-10(2)9-11-12-5-3-4-8-16(12)13(15-11)6-7-14/h10H,3-9,14H2,1-2H3. The van der Waals surface area contributed by atoms with Gasteiger partial charge in [-0.15, -0.1) is 0 Å². The van der Waals surface area contributed by atoms with Gasteiger partial charge in [-0.25, -0.2) is 4.98 Å². The van der Waals surface area contributed by atoms with Crippen LogP contribution >= 0.6 is 0 Å². The van der Waals surface area contributed by atoms with Crippen LogP contribution in [-0.4, -0.2) is 16.1 Å². The summed E-state index contributed by atoms with van der Waals surface area (Å²) in [5.74, 6) is 1.90. The second-order valence-electron chi connectivity index (χ2n) is 5.17. The van der Waals surface area contributed by atoms with Crippen LogP contribution < -0.4 is 5.73 Å². The Kier molecular flexibility index (Phi) is 3.64. The second kappa shape index (κ2) is 5.00. The summed E-state index contributed by atoms with van der Waals surface area (Å²) in [5, 5.41) is 0. The second-order valence-corrected chi connectivity index (χ2v) is 5.17. The third kappa shape index (κ3) is 2.29. The van der Waals surface area contributed by atoms with Crippen molar-refractivity contribution in [2.45, 2.75) is 52.5 Å². The molecule has 0 aromatic carbocycles. The van der Waals surface area contributed by atoms with Crippen LogP contribution in [0.4, 0.5) is 0 Å². The SMILES string of the molecule is CC(C)Cc1nc(CCN)n2c1CCCC2. The first-order valence-corrected chi connectivity index (χ1v) is 6.49. The number of aromatic nitrogens is 2. The number of imidazole rings is 1. The number of nitrogens with two attached hydrogens (primary N) is 1. The fraction of sp³-hybridized carbons (Fsp3) is 0.769. The smallest absolute Gasteiger partial charge is 0.110 e. The molecule has 1 aliphatic heterocycles. The zero-order valence-electron chi connectivity index (χ0n) is 10.5. The lowest BCUT2D eigenvalue weighted by Gasteiger charge is -2.17. The average molecular weight is 221 g/mol. The van der Waals surface area contributed by atoms with Gasteiger partial charge in [0.1, 0.15) is 5.82 Å². The average Bonchev–Trinajstić information content (AvgIpc) is 2.58. The highest BCUT2D eigenvalue weighted by atomic mass is 15.1. The molecular formula is C13H23N3. The van der Waals surface area contributed by atoms with Gasteiger partial charge in [0.2, 0.25) is 0 Å². The molecule has 0 unspecified atom stereocenters. The Labute approximate surface area is 98.1 Å². The minimum Gasteiger partial charge on any atom is -0.332 e. The number of rotatable bonds is 4. The van der Waals surface area contributed by atoms with Crippen molar-refractivity contribution >= 4 is 0 Å². The fourth-order valence-electron chi connectivity index (χ4n) is 2.57. The number of nitrogens with zero attached hydrogens (tertiary/aromatic N) is 2. The van der Waals surface area contributed by atoms with E-state index in [1.807, 2.05) is 0 Å². The molecule has 3 nitrogen and oxygen atoms in total. The van der Waals surface area contributed by atoms with E-state index in [-0.39, 0.29) is 0 Å². The predicted octanol–water partition coefficient (Wildman–Crippen LogP) is 1.92. The molecule has 1 aliphatic rings. The Morgan fingerprint density at radius 2 is 2.19 bits per heavy atom. The van der Waals surface area contributed by atoms with Crippen LogP contribution in [0.1, 0.15) is 43.9 Å². The summed E-state index contributed by atoms with van der Waals surface area (Å²) >= 11 is 0. The van der Waals surface area contributed by atoms with Gasteiger partial charge in [0.15, 0.2) is 0 Å². The van der Waals surface area contributed by atoms with E-state index < -0.39 is 0 Å². The Morgan fingerprint density at radius 1 is 1.38 bits per heavy atom. The lowest BCUT2D eigenvalue weighted by Crippen LogP contribution is -2.15. The van der Waals surface area contributed by atoms with Crippen LogP contribution in [0.2, 0.25) is 0 Å². The van der Waals surface area contributed by atoms with Crippen LogP contribution in [0.15, 0.2) is 0 Å². The fourth-order valence-corrected chi connectivity index (χ4v) is 2.57. The monoisotopic (exact) mass is 221 g/mol. The van der Waals surface area contributed by atoms with E-state index in [9.17, 15) is 0 Å². The maximum Gasteiger partial charge on any atom is 0.110 e. The van der Waals surface area contributed by atoms with Crippen molar-refractivity contribution in [3.05, 3.63) is 17.2 Å². The van der Waals surface area contributed by atoms with Gasteiger partial charge in [-0.3, -0.25) is 0 Å². The molecule has 0 amide bonds. The van der Waals surface area contributed by atoms with Crippen molar-refractivity contribution in [2.24, 2.45) is 11.7 Å². The maximum absolute atomic E-state index is 5.65. The van der Waals surface area contributed by atoms with E-state index in [1.54, 1.807) is 0 Å². The molecule has 0 aliphatic carbocycles. The van der Waals surface area contributed by atoms with Crippen LogP contribution in [0.25, 0.3) is 0 Å². The molecule has 2 rings (SSSR count). The first kappa shape index (κ1) is 11.6. The van der Waals surface area contributed by atoms with E-state index >= 15 is 0 Å². The van der Waals surface area contributed by atoms with Gasteiger partial charge in [0.05, 0.1) is 5.69 Å². The van der Waals surface area contributed by atoms with Crippen LogP contribution in [0, 0.1) is 5.92 Å². The number of hydrogen-bond acceptors (Lipinski definition) is 2. The Hall–Kier alpha value is -0.830. The molecule has 0 fully saturated rings. The molecule has 2 heterocycles. The van der Waals surface area contributed by atoms with Gasteiger partial charge < -0.3 is 10.3 Å². The van der Waals surface area contributed by atoms with Gasteiger partial charge in [-0.05, 0) is 38.1 Å². The van der Waals surface area contributed by atoms with Crippen molar-refractivity contribution in [3.63, 3.8) is 0 Å². The lowest BCUT2D eigenvalue weighted by molar-refractivity contribution is 0.509. The molecule has 0 saturated heterocycles. The Balaban J connectivity index is 2.30. The molecule has 0 spiro atoms. The Morgan fingerprint density at radius 3 is 2.88 bits per heavy atom. The first-order chi connectivity index (χ1) is 7.72. The third-order valence-corrected chi connectivity index (χ3v) is 3.25. The van der Waals surface area contributed by atoms with Gasteiger partial charge in [-0.1, -0.05) is 13.8 Å². The molecule has 0 atom stereocenters. The minimum atomic E-state index is 0.687. The highest BCUT2D eigenvalue weighted by Gasteiger charge is 2.19. The molecule has 0 radical (unpaired) electrons. The minimum absolute atomic E-state index is 0.687. The Bertz CT molecular complexity index is 352. The summed E-state index contributed by atoms with van der Waals surface area (Å²) in [7, 11) is 0. The maximum atomic E-state index is 5.65. The summed E-state index contributed by atoms with van der Waals surface area (Å²) < 4.78 is 2.42. The summed E-state index contributed by atoms with van der Waals surface area (Å²) in [4.78, 5) is 4.80. The molecule has 0 saturated carbocycles. The van der Waals surface area contributed by atoms with Crippen LogP contribution in [0.3, 0.4) is 0 Å². The number of hydrogen-bond donors (Lipinski definition) is 1. The van der Waals surface area contributed by atoms with Gasteiger partial charge in [0.25, 0.3) is 0 Å². The summed E-state index contributed by atoms with van der Waals surface area (Å²) in [6.45, 7) is 6.38. The van der Waals surface area contributed by atoms with Crippen molar-refractivity contribution < 1.29 is 0 Å². The first-order valence-electron chi connectivity index (χ1n) is 6.49. The van der Waals surface area contributed by atoms with Gasteiger partial charge >= 0.3 is 0 Å². The van der Waals surface area contributed by atoms with Crippen LogP contribution in [-0.2, 0) is 25.8 Å². The van der Waals surface area contributed by atoms with E-state index in [0.29, 0.717) is 12.5 Å². The zero-order chi connectivity index (χ0) is 11.5. The molecule has 1 aromatic heterocycles. The van der Waals surface area contributed by atoms with Crippen molar-refractivity contribution in [1.29, 1.82) is 0 Å². The largest absolute Gasteiger partial charge is 0.332 e. The molecule has 16 heavy (non-hydrogen) atoms. The van der Waals surface area contributed by atoms with Gasteiger partial charge in [0, 0.05) is 18.7 Å². The number of fused-ring (bicyclic) bond motifs is 1. The highest BCUT2D eigenvalue weighted by molar-refractivity contribution is 5.20. The zero-order valence-corrected chi connectivity index (χ0v) is 10.5. The predicted molar refractivity (Wildman–Crippen MR) is 66.5 cm³/mol. The van der Waals surface area contributed by atoms with Crippen LogP contribution in [0.5, 0.6) is 0 Å². The van der Waals surface area contributed by atoms with Crippen molar-refractivity contribution in [2.75, 3.05) is 6.54 Å². The van der Waals surface area contributed by atoms with Crippen molar-refractivity contribution in [3.8, 4) is 0 Å². The molecular weight excluding hydrogens is 198 g/mol.